The highest BCUT2D eigenvalue weighted by Crippen LogP contribution is 2.22. The van der Waals surface area contributed by atoms with Gasteiger partial charge < -0.3 is 9.32 Å². The first-order valence-corrected chi connectivity index (χ1v) is 6.53. The fraction of sp³-hybridized carbons (Fsp3) is 0.200. The van der Waals surface area contributed by atoms with E-state index in [9.17, 15) is 4.79 Å². The van der Waals surface area contributed by atoms with E-state index in [4.69, 9.17) is 4.42 Å². The average molecular weight is 269 g/mol. The van der Waals surface area contributed by atoms with Gasteiger partial charge in [0.15, 0.2) is 12.1 Å². The minimum absolute atomic E-state index is 0.564. The van der Waals surface area contributed by atoms with Gasteiger partial charge in [0, 0.05) is 12.7 Å². The van der Waals surface area contributed by atoms with Gasteiger partial charge in [-0.05, 0) is 31.2 Å². The first-order valence-electron chi connectivity index (χ1n) is 6.53. The standard InChI is InChI=1S/C15H15N3O2/c1-2-17(10-12-6-5-9-20-12)15-13(11-19)18-8-4-3-7-14(18)16-15/h3-9,11H,2,10H2,1H3. The molecule has 3 heterocycles. The number of anilines is 1. The van der Waals surface area contributed by atoms with Crippen LogP contribution < -0.4 is 4.90 Å². The summed E-state index contributed by atoms with van der Waals surface area (Å²) in [5.74, 6) is 1.53. The second-order valence-corrected chi connectivity index (χ2v) is 4.46. The Kier molecular flexibility index (Phi) is 3.25. The minimum atomic E-state index is 0.564. The highest BCUT2D eigenvalue weighted by atomic mass is 16.3. The zero-order chi connectivity index (χ0) is 13.9. The summed E-state index contributed by atoms with van der Waals surface area (Å²) in [6, 6.07) is 9.45. The summed E-state index contributed by atoms with van der Waals surface area (Å²) in [6.45, 7) is 3.36. The Hall–Kier alpha value is -2.56. The number of carbonyl (C=O) groups excluding carboxylic acids is 1. The summed E-state index contributed by atoms with van der Waals surface area (Å²) in [4.78, 5) is 18.0. The van der Waals surface area contributed by atoms with Crippen molar-refractivity contribution in [2.24, 2.45) is 0 Å². The Labute approximate surface area is 116 Å². The van der Waals surface area contributed by atoms with Gasteiger partial charge in [-0.1, -0.05) is 6.07 Å². The second kappa shape index (κ2) is 5.21. The molecule has 0 unspecified atom stereocenters. The van der Waals surface area contributed by atoms with E-state index in [-0.39, 0.29) is 0 Å². The van der Waals surface area contributed by atoms with Crippen molar-refractivity contribution in [2.45, 2.75) is 13.5 Å². The number of furan rings is 1. The van der Waals surface area contributed by atoms with Crippen molar-refractivity contribution in [1.29, 1.82) is 0 Å². The van der Waals surface area contributed by atoms with Crippen molar-refractivity contribution in [2.75, 3.05) is 11.4 Å². The van der Waals surface area contributed by atoms with E-state index in [0.717, 1.165) is 24.2 Å². The molecular formula is C15H15N3O2. The van der Waals surface area contributed by atoms with Crippen molar-refractivity contribution >= 4 is 17.8 Å². The van der Waals surface area contributed by atoms with Crippen molar-refractivity contribution < 1.29 is 9.21 Å². The van der Waals surface area contributed by atoms with Crippen molar-refractivity contribution in [3.05, 3.63) is 54.2 Å². The molecular weight excluding hydrogens is 254 g/mol. The molecule has 0 saturated heterocycles. The average Bonchev–Trinajstić information content (AvgIpc) is 3.11. The molecule has 3 aromatic rings. The smallest absolute Gasteiger partial charge is 0.170 e. The fourth-order valence-corrected chi connectivity index (χ4v) is 2.27. The van der Waals surface area contributed by atoms with Crippen LogP contribution in [0, 0.1) is 0 Å². The Morgan fingerprint density at radius 1 is 1.35 bits per heavy atom. The molecule has 0 fully saturated rings. The topological polar surface area (TPSA) is 50.8 Å². The fourth-order valence-electron chi connectivity index (χ4n) is 2.27. The van der Waals surface area contributed by atoms with E-state index in [1.54, 1.807) is 10.7 Å². The number of aldehydes is 1. The van der Waals surface area contributed by atoms with Crippen LogP contribution in [0.15, 0.2) is 47.2 Å². The van der Waals surface area contributed by atoms with E-state index in [1.165, 1.54) is 0 Å². The Morgan fingerprint density at radius 2 is 2.25 bits per heavy atom. The van der Waals surface area contributed by atoms with Gasteiger partial charge in [0.25, 0.3) is 0 Å². The molecule has 0 amide bonds. The van der Waals surface area contributed by atoms with Gasteiger partial charge >= 0.3 is 0 Å². The molecule has 5 heteroatoms. The van der Waals surface area contributed by atoms with E-state index < -0.39 is 0 Å². The zero-order valence-corrected chi connectivity index (χ0v) is 11.2. The maximum atomic E-state index is 11.4. The van der Waals surface area contributed by atoms with Gasteiger partial charge in [-0.15, -0.1) is 0 Å². The van der Waals surface area contributed by atoms with E-state index in [1.807, 2.05) is 48.4 Å². The number of fused-ring (bicyclic) bond motifs is 1. The normalized spacial score (nSPS) is 10.8. The van der Waals surface area contributed by atoms with Crippen molar-refractivity contribution in [3.63, 3.8) is 0 Å². The first-order chi connectivity index (χ1) is 9.83. The highest BCUT2D eigenvalue weighted by molar-refractivity contribution is 5.83. The molecule has 20 heavy (non-hydrogen) atoms. The van der Waals surface area contributed by atoms with Crippen LogP contribution in [-0.4, -0.2) is 22.2 Å². The summed E-state index contributed by atoms with van der Waals surface area (Å²) in [5, 5.41) is 0. The molecule has 3 aromatic heterocycles. The monoisotopic (exact) mass is 269 g/mol. The quantitative estimate of drug-likeness (QED) is 0.668. The molecule has 0 aliphatic heterocycles. The van der Waals surface area contributed by atoms with Crippen LogP contribution in [0.5, 0.6) is 0 Å². The molecule has 0 bridgehead atoms. The minimum Gasteiger partial charge on any atom is -0.467 e. The number of hydrogen-bond donors (Lipinski definition) is 0. The highest BCUT2D eigenvalue weighted by Gasteiger charge is 2.17. The number of pyridine rings is 1. The van der Waals surface area contributed by atoms with Crippen LogP contribution in [0.1, 0.15) is 23.2 Å². The molecule has 102 valence electrons. The molecule has 0 N–H and O–H groups in total. The van der Waals surface area contributed by atoms with Gasteiger partial charge in [0.05, 0.1) is 12.8 Å². The summed E-state index contributed by atoms with van der Waals surface area (Å²) in [5.41, 5.74) is 1.33. The number of nitrogens with zero attached hydrogens (tertiary/aromatic N) is 3. The lowest BCUT2D eigenvalue weighted by Gasteiger charge is -2.19. The van der Waals surface area contributed by atoms with Gasteiger partial charge in [-0.2, -0.15) is 0 Å². The molecule has 5 nitrogen and oxygen atoms in total. The molecule has 0 radical (unpaired) electrons. The number of carbonyl (C=O) groups is 1. The predicted molar refractivity (Wildman–Crippen MR) is 76.0 cm³/mol. The molecule has 0 saturated carbocycles. The lowest BCUT2D eigenvalue weighted by Crippen LogP contribution is -2.23. The van der Waals surface area contributed by atoms with Gasteiger partial charge in [-0.25, -0.2) is 4.98 Å². The van der Waals surface area contributed by atoms with Crippen LogP contribution in [-0.2, 0) is 6.54 Å². The Bertz CT molecular complexity index is 716. The van der Waals surface area contributed by atoms with Gasteiger partial charge in [0.1, 0.15) is 17.1 Å². The Balaban J connectivity index is 2.04. The number of aromatic nitrogens is 2. The van der Waals surface area contributed by atoms with E-state index in [2.05, 4.69) is 4.98 Å². The third-order valence-electron chi connectivity index (χ3n) is 3.27. The number of hydrogen-bond acceptors (Lipinski definition) is 4. The zero-order valence-electron chi connectivity index (χ0n) is 11.2. The predicted octanol–water partition coefficient (Wildman–Crippen LogP) is 2.77. The van der Waals surface area contributed by atoms with Crippen LogP contribution >= 0.6 is 0 Å². The summed E-state index contributed by atoms with van der Waals surface area (Å²) in [7, 11) is 0. The third kappa shape index (κ3) is 2.07. The molecule has 0 aromatic carbocycles. The van der Waals surface area contributed by atoms with Crippen LogP contribution in [0.4, 0.5) is 5.82 Å². The summed E-state index contributed by atoms with van der Waals surface area (Å²) < 4.78 is 7.17. The molecule has 0 atom stereocenters. The maximum Gasteiger partial charge on any atom is 0.170 e. The summed E-state index contributed by atoms with van der Waals surface area (Å²) >= 11 is 0. The lowest BCUT2D eigenvalue weighted by atomic mass is 10.3. The molecule has 0 spiro atoms. The lowest BCUT2D eigenvalue weighted by molar-refractivity contribution is 0.111. The first kappa shape index (κ1) is 12.5. The second-order valence-electron chi connectivity index (χ2n) is 4.46. The Morgan fingerprint density at radius 3 is 2.95 bits per heavy atom. The summed E-state index contributed by atoms with van der Waals surface area (Å²) in [6.07, 6.45) is 4.34. The van der Waals surface area contributed by atoms with Gasteiger partial charge in [0.2, 0.25) is 0 Å². The van der Waals surface area contributed by atoms with Gasteiger partial charge in [-0.3, -0.25) is 9.20 Å². The SMILES string of the molecule is CCN(Cc1ccco1)c1nc2ccccn2c1C=O. The van der Waals surface area contributed by atoms with Crippen molar-refractivity contribution in [1.82, 2.24) is 9.38 Å². The molecule has 0 aliphatic rings. The molecule has 0 aliphatic carbocycles. The van der Waals surface area contributed by atoms with Crippen molar-refractivity contribution in [3.8, 4) is 0 Å². The third-order valence-corrected chi connectivity index (χ3v) is 3.27. The van der Waals surface area contributed by atoms with Crippen LogP contribution in [0.25, 0.3) is 5.65 Å². The van der Waals surface area contributed by atoms with E-state index >= 15 is 0 Å². The number of imidazole rings is 1. The maximum absolute atomic E-state index is 11.4. The number of rotatable bonds is 5. The van der Waals surface area contributed by atoms with Crippen LogP contribution in [0.2, 0.25) is 0 Å². The molecule has 3 rings (SSSR count). The van der Waals surface area contributed by atoms with Crippen LogP contribution in [0.3, 0.4) is 0 Å². The largest absolute Gasteiger partial charge is 0.467 e. The van der Waals surface area contributed by atoms with E-state index in [0.29, 0.717) is 18.1 Å².